The van der Waals surface area contributed by atoms with Crippen molar-refractivity contribution in [1.82, 2.24) is 10.2 Å². The van der Waals surface area contributed by atoms with Gasteiger partial charge in [0.25, 0.3) is 0 Å². The van der Waals surface area contributed by atoms with Gasteiger partial charge < -0.3 is 5.32 Å². The number of likely N-dealkylation sites (tertiary alicyclic amines) is 1. The van der Waals surface area contributed by atoms with E-state index in [2.05, 4.69) is 22.3 Å². The predicted molar refractivity (Wildman–Crippen MR) is 75.9 cm³/mol. The Balaban J connectivity index is 1.71. The lowest BCUT2D eigenvalue weighted by atomic mass is 10.0. The highest BCUT2D eigenvalue weighted by molar-refractivity contribution is 6.30. The zero-order chi connectivity index (χ0) is 12.4. The number of hydrogen-bond donors (Lipinski definition) is 1. The molecule has 3 rings (SSSR count). The molecule has 98 valence electrons. The molecule has 2 saturated heterocycles. The summed E-state index contributed by atoms with van der Waals surface area (Å²) in [6.07, 6.45) is 5.35. The van der Waals surface area contributed by atoms with Gasteiger partial charge in [0.1, 0.15) is 0 Å². The highest BCUT2D eigenvalue weighted by Crippen LogP contribution is 2.25. The van der Waals surface area contributed by atoms with E-state index in [0.717, 1.165) is 23.7 Å². The summed E-state index contributed by atoms with van der Waals surface area (Å²) >= 11 is 5.95. The molecule has 2 heterocycles. The fraction of sp³-hybridized carbons (Fsp3) is 0.600. The second-order valence-electron chi connectivity index (χ2n) is 5.51. The van der Waals surface area contributed by atoms with Gasteiger partial charge in [-0.15, -0.1) is 0 Å². The van der Waals surface area contributed by atoms with Crippen LogP contribution in [-0.2, 0) is 6.54 Å². The van der Waals surface area contributed by atoms with Gasteiger partial charge >= 0.3 is 0 Å². The maximum atomic E-state index is 5.95. The van der Waals surface area contributed by atoms with Gasteiger partial charge in [-0.2, -0.15) is 0 Å². The smallest absolute Gasteiger partial charge is 0.0406 e. The number of halogens is 1. The summed E-state index contributed by atoms with van der Waals surface area (Å²) in [5, 5.41) is 4.49. The topological polar surface area (TPSA) is 15.3 Å². The molecule has 0 aromatic heterocycles. The van der Waals surface area contributed by atoms with Gasteiger partial charge in [-0.25, -0.2) is 0 Å². The lowest BCUT2D eigenvalue weighted by Gasteiger charge is -2.30. The van der Waals surface area contributed by atoms with Crippen molar-refractivity contribution >= 4 is 11.6 Å². The third kappa shape index (κ3) is 2.71. The van der Waals surface area contributed by atoms with Crippen molar-refractivity contribution < 1.29 is 0 Å². The molecule has 2 aliphatic rings. The van der Waals surface area contributed by atoms with Crippen LogP contribution in [0.3, 0.4) is 0 Å². The molecule has 2 nitrogen and oxygen atoms in total. The van der Waals surface area contributed by atoms with Crippen LogP contribution in [-0.4, -0.2) is 30.1 Å². The van der Waals surface area contributed by atoms with Crippen LogP contribution in [0.15, 0.2) is 24.3 Å². The minimum absolute atomic E-state index is 0.722. The zero-order valence-corrected chi connectivity index (χ0v) is 11.5. The van der Waals surface area contributed by atoms with Crippen LogP contribution in [0.4, 0.5) is 0 Å². The summed E-state index contributed by atoms with van der Waals surface area (Å²) in [5.74, 6) is 0. The molecule has 2 aliphatic heterocycles. The fourth-order valence-corrected chi connectivity index (χ4v) is 3.48. The van der Waals surface area contributed by atoms with E-state index in [0.29, 0.717) is 0 Å². The monoisotopic (exact) mass is 264 g/mol. The Labute approximate surface area is 114 Å². The normalized spacial score (nSPS) is 28.9. The van der Waals surface area contributed by atoms with Crippen LogP contribution in [0.1, 0.15) is 31.2 Å². The maximum absolute atomic E-state index is 5.95. The summed E-state index contributed by atoms with van der Waals surface area (Å²) in [6, 6.07) is 9.77. The van der Waals surface area contributed by atoms with E-state index in [4.69, 9.17) is 11.6 Å². The molecule has 1 aromatic rings. The highest BCUT2D eigenvalue weighted by Gasteiger charge is 2.32. The molecule has 2 atom stereocenters. The van der Waals surface area contributed by atoms with E-state index >= 15 is 0 Å². The first-order chi connectivity index (χ1) is 8.83. The third-order valence-corrected chi connectivity index (χ3v) is 4.54. The van der Waals surface area contributed by atoms with E-state index in [1.807, 2.05) is 12.1 Å². The van der Waals surface area contributed by atoms with E-state index in [1.54, 1.807) is 0 Å². The highest BCUT2D eigenvalue weighted by atomic mass is 35.5. The van der Waals surface area contributed by atoms with Crippen LogP contribution in [0.25, 0.3) is 0 Å². The molecule has 0 aliphatic carbocycles. The summed E-state index contributed by atoms with van der Waals surface area (Å²) < 4.78 is 0. The van der Waals surface area contributed by atoms with Crippen molar-refractivity contribution in [1.29, 1.82) is 0 Å². The van der Waals surface area contributed by atoms with Gasteiger partial charge in [-0.05, 0) is 50.0 Å². The average Bonchev–Trinajstić information content (AvgIpc) is 2.76. The SMILES string of the molecule is Clc1ccc(CN2CCCC[C@H]3NCC[C@H]32)cc1. The summed E-state index contributed by atoms with van der Waals surface area (Å²) in [5.41, 5.74) is 1.38. The Morgan fingerprint density at radius 2 is 2.00 bits per heavy atom. The molecule has 1 N–H and O–H groups in total. The van der Waals surface area contributed by atoms with Gasteiger partial charge in [-0.3, -0.25) is 4.90 Å². The summed E-state index contributed by atoms with van der Waals surface area (Å²) in [4.78, 5) is 2.67. The summed E-state index contributed by atoms with van der Waals surface area (Å²) in [6.45, 7) is 3.50. The van der Waals surface area contributed by atoms with Crippen LogP contribution >= 0.6 is 11.6 Å². The largest absolute Gasteiger partial charge is 0.312 e. The number of hydrogen-bond acceptors (Lipinski definition) is 2. The Morgan fingerprint density at radius 1 is 1.17 bits per heavy atom. The molecule has 0 amide bonds. The molecular formula is C15H21ClN2. The lowest BCUT2D eigenvalue weighted by Crippen LogP contribution is -2.41. The van der Waals surface area contributed by atoms with Crippen LogP contribution in [0, 0.1) is 0 Å². The molecular weight excluding hydrogens is 244 g/mol. The molecule has 1 aromatic carbocycles. The maximum Gasteiger partial charge on any atom is 0.0406 e. The molecule has 0 saturated carbocycles. The second kappa shape index (κ2) is 5.60. The number of rotatable bonds is 2. The minimum Gasteiger partial charge on any atom is -0.312 e. The van der Waals surface area contributed by atoms with Crippen molar-refractivity contribution in [3.05, 3.63) is 34.9 Å². The molecule has 2 fully saturated rings. The van der Waals surface area contributed by atoms with Crippen LogP contribution in [0.5, 0.6) is 0 Å². The van der Waals surface area contributed by atoms with Crippen molar-refractivity contribution in [3.63, 3.8) is 0 Å². The minimum atomic E-state index is 0.722. The molecule has 18 heavy (non-hydrogen) atoms. The Bertz CT molecular complexity index is 390. The van der Waals surface area contributed by atoms with Crippen molar-refractivity contribution in [2.24, 2.45) is 0 Å². The van der Waals surface area contributed by atoms with Gasteiger partial charge in [0.2, 0.25) is 0 Å². The quantitative estimate of drug-likeness (QED) is 0.883. The van der Waals surface area contributed by atoms with Gasteiger partial charge in [-0.1, -0.05) is 30.2 Å². The van der Waals surface area contributed by atoms with Gasteiger partial charge in [0.05, 0.1) is 0 Å². The predicted octanol–water partition coefficient (Wildman–Crippen LogP) is 3.06. The van der Waals surface area contributed by atoms with Crippen molar-refractivity contribution in [2.45, 2.75) is 44.3 Å². The Hall–Kier alpha value is -0.570. The van der Waals surface area contributed by atoms with E-state index in [9.17, 15) is 0 Å². The first-order valence-electron chi connectivity index (χ1n) is 7.05. The van der Waals surface area contributed by atoms with Crippen LogP contribution in [0.2, 0.25) is 5.02 Å². The standard InChI is InChI=1S/C15H21ClN2/c16-13-6-4-12(5-7-13)11-18-10-2-1-3-14-15(18)8-9-17-14/h4-7,14-15,17H,1-3,8-11H2/t14-,15-/m1/s1. The van der Waals surface area contributed by atoms with E-state index < -0.39 is 0 Å². The van der Waals surface area contributed by atoms with E-state index in [1.165, 1.54) is 44.3 Å². The number of fused-ring (bicyclic) bond motifs is 1. The van der Waals surface area contributed by atoms with Crippen molar-refractivity contribution in [2.75, 3.05) is 13.1 Å². The zero-order valence-electron chi connectivity index (χ0n) is 10.7. The van der Waals surface area contributed by atoms with Gasteiger partial charge in [0.15, 0.2) is 0 Å². The first-order valence-corrected chi connectivity index (χ1v) is 7.42. The Kier molecular flexibility index (Phi) is 3.88. The Morgan fingerprint density at radius 3 is 2.83 bits per heavy atom. The van der Waals surface area contributed by atoms with E-state index in [-0.39, 0.29) is 0 Å². The molecule has 3 heteroatoms. The van der Waals surface area contributed by atoms with Crippen LogP contribution < -0.4 is 5.32 Å². The number of nitrogens with zero attached hydrogens (tertiary/aromatic N) is 1. The first kappa shape index (κ1) is 12.5. The lowest BCUT2D eigenvalue weighted by molar-refractivity contribution is 0.186. The average molecular weight is 265 g/mol. The summed E-state index contributed by atoms with van der Waals surface area (Å²) in [7, 11) is 0. The van der Waals surface area contributed by atoms with Crippen molar-refractivity contribution in [3.8, 4) is 0 Å². The molecule has 0 radical (unpaired) electrons. The fourth-order valence-electron chi connectivity index (χ4n) is 3.35. The molecule has 0 unspecified atom stereocenters. The van der Waals surface area contributed by atoms with Gasteiger partial charge in [0, 0.05) is 23.7 Å². The third-order valence-electron chi connectivity index (χ3n) is 4.29. The molecule has 0 spiro atoms. The molecule has 0 bridgehead atoms. The number of nitrogens with one attached hydrogen (secondary N) is 1. The number of benzene rings is 1. The second-order valence-corrected chi connectivity index (χ2v) is 5.95.